The molecule has 0 radical (unpaired) electrons. The highest BCUT2D eigenvalue weighted by Gasteiger charge is 2.24. The Balaban J connectivity index is 2.10. The van der Waals surface area contributed by atoms with Crippen molar-refractivity contribution in [2.24, 2.45) is 0 Å². The molecule has 84 valence electrons. The van der Waals surface area contributed by atoms with E-state index in [2.05, 4.69) is 17.4 Å². The van der Waals surface area contributed by atoms with Crippen LogP contribution in [0.2, 0.25) is 0 Å². The molecular weight excluding hydrogens is 204 g/mol. The van der Waals surface area contributed by atoms with Crippen molar-refractivity contribution in [3.63, 3.8) is 0 Å². The van der Waals surface area contributed by atoms with E-state index < -0.39 is 0 Å². The fraction of sp³-hybridized carbons (Fsp3) is 0.417. The molecule has 4 nitrogen and oxygen atoms in total. The maximum Gasteiger partial charge on any atom is 0.224 e. The van der Waals surface area contributed by atoms with Gasteiger partial charge in [0.15, 0.2) is 0 Å². The van der Waals surface area contributed by atoms with E-state index >= 15 is 0 Å². The third kappa shape index (κ3) is 1.38. The highest BCUT2D eigenvalue weighted by molar-refractivity contribution is 5.93. The van der Waals surface area contributed by atoms with Gasteiger partial charge in [-0.05, 0) is 23.3 Å². The molecule has 4 heteroatoms. The van der Waals surface area contributed by atoms with E-state index in [0.29, 0.717) is 13.2 Å². The zero-order chi connectivity index (χ0) is 11.1. The Morgan fingerprint density at radius 1 is 1.38 bits per heavy atom. The Bertz CT molecular complexity index is 457. The summed E-state index contributed by atoms with van der Waals surface area (Å²) in [4.78, 5) is 13.3. The lowest BCUT2D eigenvalue weighted by molar-refractivity contribution is -0.116. The van der Waals surface area contributed by atoms with Crippen molar-refractivity contribution in [2.45, 2.75) is 20.0 Å². The molecule has 2 heterocycles. The summed E-state index contributed by atoms with van der Waals surface area (Å²) >= 11 is 0. The fourth-order valence-corrected chi connectivity index (χ4v) is 2.34. The van der Waals surface area contributed by atoms with Gasteiger partial charge in [-0.25, -0.2) is 0 Å². The monoisotopic (exact) mass is 218 g/mol. The Morgan fingerprint density at radius 3 is 2.88 bits per heavy atom. The normalized spacial score (nSPS) is 17.7. The van der Waals surface area contributed by atoms with Gasteiger partial charge >= 0.3 is 0 Å². The number of ether oxygens (including phenoxy) is 1. The van der Waals surface area contributed by atoms with Crippen molar-refractivity contribution in [1.82, 2.24) is 5.32 Å². The molecule has 1 aromatic rings. The van der Waals surface area contributed by atoms with Crippen LogP contribution >= 0.6 is 0 Å². The van der Waals surface area contributed by atoms with Gasteiger partial charge in [0.1, 0.15) is 12.4 Å². The van der Waals surface area contributed by atoms with Crippen LogP contribution in [-0.2, 0) is 17.9 Å². The highest BCUT2D eigenvalue weighted by atomic mass is 16.5. The highest BCUT2D eigenvalue weighted by Crippen LogP contribution is 2.35. The summed E-state index contributed by atoms with van der Waals surface area (Å²) < 4.78 is 5.61. The number of benzene rings is 1. The number of carbonyl (C=O) groups excluding carboxylic acids is 1. The Labute approximate surface area is 94.2 Å². The number of amides is 1. The molecule has 16 heavy (non-hydrogen) atoms. The molecule has 0 saturated carbocycles. The smallest absolute Gasteiger partial charge is 0.224 e. The van der Waals surface area contributed by atoms with Gasteiger partial charge in [0.2, 0.25) is 5.91 Å². The van der Waals surface area contributed by atoms with Crippen LogP contribution in [0.25, 0.3) is 0 Å². The average molecular weight is 218 g/mol. The summed E-state index contributed by atoms with van der Waals surface area (Å²) in [5, 5.41) is 3.30. The number of hydrogen-bond acceptors (Lipinski definition) is 3. The van der Waals surface area contributed by atoms with Crippen LogP contribution < -0.4 is 15.0 Å². The largest absolute Gasteiger partial charge is 0.490 e. The number of rotatable bonds is 0. The summed E-state index contributed by atoms with van der Waals surface area (Å²) in [6.07, 6.45) is 0. The van der Waals surface area contributed by atoms with Crippen LogP contribution in [-0.4, -0.2) is 19.1 Å². The molecule has 2 aliphatic rings. The van der Waals surface area contributed by atoms with Gasteiger partial charge in [-0.15, -0.1) is 0 Å². The van der Waals surface area contributed by atoms with E-state index in [-0.39, 0.29) is 5.91 Å². The molecule has 0 spiro atoms. The van der Waals surface area contributed by atoms with Crippen LogP contribution in [0.4, 0.5) is 5.69 Å². The van der Waals surface area contributed by atoms with Gasteiger partial charge in [0.25, 0.3) is 0 Å². The predicted molar refractivity (Wildman–Crippen MR) is 60.5 cm³/mol. The van der Waals surface area contributed by atoms with E-state index in [4.69, 9.17) is 4.74 Å². The third-order valence-electron chi connectivity index (χ3n) is 3.16. The van der Waals surface area contributed by atoms with E-state index in [0.717, 1.165) is 24.5 Å². The van der Waals surface area contributed by atoms with Gasteiger partial charge < -0.3 is 15.0 Å². The summed E-state index contributed by atoms with van der Waals surface area (Å²) in [7, 11) is 0. The van der Waals surface area contributed by atoms with Crippen LogP contribution in [0.5, 0.6) is 5.75 Å². The fourth-order valence-electron chi connectivity index (χ4n) is 2.34. The van der Waals surface area contributed by atoms with Gasteiger partial charge in [0.05, 0.1) is 12.2 Å². The minimum absolute atomic E-state index is 0.0791. The lowest BCUT2D eigenvalue weighted by Crippen LogP contribution is -2.36. The number of carbonyl (C=O) groups is 1. The second kappa shape index (κ2) is 3.49. The van der Waals surface area contributed by atoms with Gasteiger partial charge in [-0.3, -0.25) is 4.79 Å². The topological polar surface area (TPSA) is 41.6 Å². The number of nitrogens with one attached hydrogen (secondary N) is 1. The Kier molecular flexibility index (Phi) is 2.11. The minimum Gasteiger partial charge on any atom is -0.490 e. The van der Waals surface area contributed by atoms with Crippen LogP contribution in [0.15, 0.2) is 12.1 Å². The molecule has 1 amide bonds. The van der Waals surface area contributed by atoms with Crippen LogP contribution in [0.3, 0.4) is 0 Å². The Hall–Kier alpha value is -1.55. The second-order valence-electron chi connectivity index (χ2n) is 4.21. The third-order valence-corrected chi connectivity index (χ3v) is 3.16. The first-order valence-corrected chi connectivity index (χ1v) is 5.53. The first-order valence-electron chi connectivity index (χ1n) is 5.53. The van der Waals surface area contributed by atoms with Crippen molar-refractivity contribution in [1.29, 1.82) is 0 Å². The molecule has 0 atom stereocenters. The summed E-state index contributed by atoms with van der Waals surface area (Å²) in [6.45, 7) is 4.61. The molecule has 1 N–H and O–H groups in total. The van der Waals surface area contributed by atoms with Crippen molar-refractivity contribution in [3.05, 3.63) is 23.3 Å². The van der Waals surface area contributed by atoms with E-state index in [9.17, 15) is 4.79 Å². The van der Waals surface area contributed by atoms with Gasteiger partial charge in [0, 0.05) is 20.0 Å². The molecule has 2 aliphatic heterocycles. The summed E-state index contributed by atoms with van der Waals surface area (Å²) in [6, 6.07) is 4.13. The molecule has 0 aromatic heterocycles. The molecule has 0 unspecified atom stereocenters. The first-order chi connectivity index (χ1) is 7.75. The van der Waals surface area contributed by atoms with Gasteiger partial charge in [-0.1, -0.05) is 0 Å². The summed E-state index contributed by atoms with van der Waals surface area (Å²) in [5.41, 5.74) is 3.47. The van der Waals surface area contributed by atoms with Crippen molar-refractivity contribution >= 4 is 11.6 Å². The minimum atomic E-state index is 0.0791. The molecular formula is C12H14N2O2. The molecule has 1 aromatic carbocycles. The SMILES string of the molecule is CC(=O)N1CCOc2cc3c(cc21)CNC3. The van der Waals surface area contributed by atoms with E-state index in [1.165, 1.54) is 11.1 Å². The molecule has 3 rings (SSSR count). The van der Waals surface area contributed by atoms with Crippen molar-refractivity contribution in [2.75, 3.05) is 18.1 Å². The van der Waals surface area contributed by atoms with Crippen molar-refractivity contribution < 1.29 is 9.53 Å². The zero-order valence-electron chi connectivity index (χ0n) is 9.25. The Morgan fingerprint density at radius 2 is 2.12 bits per heavy atom. The number of hydrogen-bond donors (Lipinski definition) is 1. The zero-order valence-corrected chi connectivity index (χ0v) is 9.25. The lowest BCUT2D eigenvalue weighted by Gasteiger charge is -2.29. The molecule has 0 saturated heterocycles. The number of fused-ring (bicyclic) bond motifs is 2. The van der Waals surface area contributed by atoms with Crippen molar-refractivity contribution in [3.8, 4) is 5.75 Å². The first kappa shape index (κ1) is 9.66. The maximum atomic E-state index is 11.5. The lowest BCUT2D eigenvalue weighted by atomic mass is 10.1. The van der Waals surface area contributed by atoms with Crippen LogP contribution in [0, 0.1) is 0 Å². The summed E-state index contributed by atoms with van der Waals surface area (Å²) in [5.74, 6) is 0.916. The van der Waals surface area contributed by atoms with E-state index in [1.807, 2.05) is 0 Å². The van der Waals surface area contributed by atoms with Gasteiger partial charge in [-0.2, -0.15) is 0 Å². The van der Waals surface area contributed by atoms with Crippen LogP contribution in [0.1, 0.15) is 18.1 Å². The standard InChI is InChI=1S/C12H14N2O2/c1-8(15)14-2-3-16-12-5-10-7-13-6-9(10)4-11(12)14/h4-5,13H,2-3,6-7H2,1H3. The predicted octanol–water partition coefficient (Wildman–Crippen LogP) is 1.04. The molecule has 0 aliphatic carbocycles. The molecule has 0 bridgehead atoms. The molecule has 0 fully saturated rings. The van der Waals surface area contributed by atoms with E-state index in [1.54, 1.807) is 11.8 Å². The maximum absolute atomic E-state index is 11.5. The number of anilines is 1. The quantitative estimate of drug-likeness (QED) is 0.707. The second-order valence-corrected chi connectivity index (χ2v) is 4.21. The number of nitrogens with zero attached hydrogens (tertiary/aromatic N) is 1. The average Bonchev–Trinajstić information content (AvgIpc) is 2.71.